The fourth-order valence-electron chi connectivity index (χ4n) is 0.790. The lowest BCUT2D eigenvalue weighted by atomic mass is 10.4. The van der Waals surface area contributed by atoms with Gasteiger partial charge in [-0.1, -0.05) is 0 Å². The largest absolute Gasteiger partial charge is 0.465 e. The molecule has 0 aliphatic rings. The maximum atomic E-state index is 11.7. The first kappa shape index (κ1) is 11.4. The van der Waals surface area contributed by atoms with E-state index in [1.807, 2.05) is 0 Å². The second-order valence-corrected chi connectivity index (χ2v) is 2.68. The summed E-state index contributed by atoms with van der Waals surface area (Å²) in [6.45, 7) is -1.34. The fraction of sp³-hybridized carbons (Fsp3) is 0.222. The van der Waals surface area contributed by atoms with Crippen LogP contribution in [0.3, 0.4) is 0 Å². The predicted molar refractivity (Wildman–Crippen MR) is 46.8 cm³/mol. The van der Waals surface area contributed by atoms with Gasteiger partial charge in [-0.25, -0.2) is 0 Å². The van der Waals surface area contributed by atoms with Crippen molar-refractivity contribution in [2.75, 3.05) is 6.54 Å². The van der Waals surface area contributed by atoms with E-state index in [9.17, 15) is 18.0 Å². The molecule has 1 rings (SSSR count). The summed E-state index contributed by atoms with van der Waals surface area (Å²) < 4.78 is 39.9. The van der Waals surface area contributed by atoms with E-state index >= 15 is 0 Å². The summed E-state index contributed by atoms with van der Waals surface area (Å²) in [7, 11) is 0. The number of carbonyl (C=O) groups excluding carboxylic acids is 1. The number of furan rings is 1. The highest BCUT2D eigenvalue weighted by Crippen LogP contribution is 2.12. The van der Waals surface area contributed by atoms with E-state index in [0.717, 1.165) is 6.08 Å². The monoisotopic (exact) mass is 219 g/mol. The zero-order chi connectivity index (χ0) is 11.3. The molecule has 1 N–H and O–H groups in total. The van der Waals surface area contributed by atoms with Crippen molar-refractivity contribution >= 4 is 12.0 Å². The van der Waals surface area contributed by atoms with Crippen LogP contribution in [0.5, 0.6) is 0 Å². The minimum atomic E-state index is -4.39. The summed E-state index contributed by atoms with van der Waals surface area (Å²) in [5, 5.41) is 1.69. The van der Waals surface area contributed by atoms with E-state index < -0.39 is 18.6 Å². The van der Waals surface area contributed by atoms with E-state index in [0.29, 0.717) is 5.76 Å². The molecule has 1 amide bonds. The Morgan fingerprint density at radius 1 is 1.53 bits per heavy atom. The SMILES string of the molecule is O=C(/C=C/c1ccco1)NCC(F)(F)F. The molecule has 15 heavy (non-hydrogen) atoms. The summed E-state index contributed by atoms with van der Waals surface area (Å²) in [4.78, 5) is 10.8. The van der Waals surface area contributed by atoms with Crippen LogP contribution in [0.25, 0.3) is 6.08 Å². The third kappa shape index (κ3) is 4.90. The number of nitrogens with one attached hydrogen (secondary N) is 1. The van der Waals surface area contributed by atoms with Crippen molar-refractivity contribution in [2.45, 2.75) is 6.18 Å². The molecule has 1 aromatic heterocycles. The average molecular weight is 219 g/mol. The lowest BCUT2D eigenvalue weighted by Crippen LogP contribution is -2.32. The van der Waals surface area contributed by atoms with Gasteiger partial charge in [-0.2, -0.15) is 13.2 Å². The Bertz CT molecular complexity index is 341. The average Bonchev–Trinajstić information content (AvgIpc) is 2.62. The smallest absolute Gasteiger partial charge is 0.405 e. The van der Waals surface area contributed by atoms with Crippen molar-refractivity contribution in [1.82, 2.24) is 5.32 Å². The summed E-state index contributed by atoms with van der Waals surface area (Å²) in [6.07, 6.45) is -0.738. The molecule has 0 saturated carbocycles. The normalized spacial score (nSPS) is 11.9. The van der Waals surface area contributed by atoms with Gasteiger partial charge in [0.2, 0.25) is 5.91 Å². The molecule has 0 spiro atoms. The Hall–Kier alpha value is -1.72. The van der Waals surface area contributed by atoms with E-state index in [1.54, 1.807) is 17.4 Å². The third-order valence-electron chi connectivity index (χ3n) is 1.41. The van der Waals surface area contributed by atoms with Crippen molar-refractivity contribution < 1.29 is 22.4 Å². The molecule has 0 aliphatic heterocycles. The lowest BCUT2D eigenvalue weighted by Gasteiger charge is -2.05. The maximum Gasteiger partial charge on any atom is 0.405 e. The second-order valence-electron chi connectivity index (χ2n) is 2.68. The van der Waals surface area contributed by atoms with Crippen LogP contribution in [0.1, 0.15) is 5.76 Å². The Labute approximate surface area is 83.6 Å². The van der Waals surface area contributed by atoms with Crippen LogP contribution in [0.4, 0.5) is 13.2 Å². The van der Waals surface area contributed by atoms with Gasteiger partial charge in [-0.05, 0) is 18.2 Å². The molecule has 0 fully saturated rings. The fourth-order valence-corrected chi connectivity index (χ4v) is 0.790. The summed E-state index contributed by atoms with van der Waals surface area (Å²) in [5.74, 6) is -0.416. The van der Waals surface area contributed by atoms with Crippen LogP contribution in [0.15, 0.2) is 28.9 Å². The van der Waals surface area contributed by atoms with Crippen LogP contribution in [0, 0.1) is 0 Å². The first-order valence-electron chi connectivity index (χ1n) is 4.03. The predicted octanol–water partition coefficient (Wildman–Crippen LogP) is 1.97. The molecular formula is C9H8F3NO2. The number of carbonyl (C=O) groups is 1. The Morgan fingerprint density at radius 3 is 2.80 bits per heavy atom. The molecule has 0 saturated heterocycles. The maximum absolute atomic E-state index is 11.7. The number of halogens is 3. The van der Waals surface area contributed by atoms with Crippen molar-refractivity contribution in [2.24, 2.45) is 0 Å². The van der Waals surface area contributed by atoms with Gasteiger partial charge >= 0.3 is 6.18 Å². The highest BCUT2D eigenvalue weighted by atomic mass is 19.4. The highest BCUT2D eigenvalue weighted by Gasteiger charge is 2.27. The van der Waals surface area contributed by atoms with Gasteiger partial charge in [0.15, 0.2) is 0 Å². The van der Waals surface area contributed by atoms with Crippen LogP contribution in [-0.2, 0) is 4.79 Å². The number of alkyl halides is 3. The number of hydrogen-bond donors (Lipinski definition) is 1. The first-order chi connectivity index (χ1) is 6.97. The second kappa shape index (κ2) is 4.68. The van der Waals surface area contributed by atoms with Crippen LogP contribution < -0.4 is 5.32 Å². The Kier molecular flexibility index (Phi) is 3.54. The molecule has 0 atom stereocenters. The highest BCUT2D eigenvalue weighted by molar-refractivity contribution is 5.91. The molecule has 1 heterocycles. The van der Waals surface area contributed by atoms with Crippen molar-refractivity contribution in [3.05, 3.63) is 30.2 Å². The molecule has 0 aliphatic carbocycles. The topological polar surface area (TPSA) is 42.2 Å². The molecule has 0 bridgehead atoms. The zero-order valence-corrected chi connectivity index (χ0v) is 7.54. The van der Waals surface area contributed by atoms with Gasteiger partial charge in [0.1, 0.15) is 12.3 Å². The third-order valence-corrected chi connectivity index (χ3v) is 1.41. The Balaban J connectivity index is 2.37. The van der Waals surface area contributed by atoms with E-state index in [1.165, 1.54) is 12.3 Å². The van der Waals surface area contributed by atoms with Gasteiger partial charge in [0.05, 0.1) is 6.26 Å². The van der Waals surface area contributed by atoms with Gasteiger partial charge < -0.3 is 9.73 Å². The molecule has 0 radical (unpaired) electrons. The molecule has 6 heteroatoms. The van der Waals surface area contributed by atoms with E-state index in [2.05, 4.69) is 0 Å². The van der Waals surface area contributed by atoms with E-state index in [-0.39, 0.29) is 0 Å². The Morgan fingerprint density at radius 2 is 2.27 bits per heavy atom. The molecular weight excluding hydrogens is 211 g/mol. The van der Waals surface area contributed by atoms with Gasteiger partial charge in [0.25, 0.3) is 0 Å². The minimum Gasteiger partial charge on any atom is -0.465 e. The quantitative estimate of drug-likeness (QED) is 0.789. The lowest BCUT2D eigenvalue weighted by molar-refractivity contribution is -0.135. The molecule has 82 valence electrons. The summed E-state index contributed by atoms with van der Waals surface area (Å²) >= 11 is 0. The number of amides is 1. The van der Waals surface area contributed by atoms with Crippen molar-refractivity contribution in [3.63, 3.8) is 0 Å². The van der Waals surface area contributed by atoms with Crippen LogP contribution >= 0.6 is 0 Å². The minimum absolute atomic E-state index is 0.400. The molecule has 0 aromatic carbocycles. The molecule has 1 aromatic rings. The summed E-state index contributed by atoms with van der Waals surface area (Å²) in [6, 6.07) is 3.18. The van der Waals surface area contributed by atoms with E-state index in [4.69, 9.17) is 4.42 Å². The molecule has 3 nitrogen and oxygen atoms in total. The standard InChI is InChI=1S/C9H8F3NO2/c10-9(11,12)6-13-8(14)4-3-7-2-1-5-15-7/h1-5H,6H2,(H,13,14)/b4-3+. The van der Waals surface area contributed by atoms with Gasteiger partial charge in [-0.3, -0.25) is 4.79 Å². The van der Waals surface area contributed by atoms with Crippen molar-refractivity contribution in [3.8, 4) is 0 Å². The molecule has 0 unspecified atom stereocenters. The van der Waals surface area contributed by atoms with Gasteiger partial charge in [0, 0.05) is 6.08 Å². The summed E-state index contributed by atoms with van der Waals surface area (Å²) in [5.41, 5.74) is 0. The van der Waals surface area contributed by atoms with Gasteiger partial charge in [-0.15, -0.1) is 0 Å². The first-order valence-corrected chi connectivity index (χ1v) is 4.03. The van der Waals surface area contributed by atoms with Crippen LogP contribution in [-0.4, -0.2) is 18.6 Å². The number of rotatable bonds is 3. The number of hydrogen-bond acceptors (Lipinski definition) is 2. The zero-order valence-electron chi connectivity index (χ0n) is 7.54. The van der Waals surface area contributed by atoms with Crippen LogP contribution in [0.2, 0.25) is 0 Å². The van der Waals surface area contributed by atoms with Crippen molar-refractivity contribution in [1.29, 1.82) is 0 Å².